The van der Waals surface area contributed by atoms with Gasteiger partial charge < -0.3 is 10.1 Å². The molecule has 0 unspecified atom stereocenters. The minimum atomic E-state index is -0.658. The lowest BCUT2D eigenvalue weighted by Gasteiger charge is -2.35. The number of likely N-dealkylation sites (tertiary alicyclic amines) is 1. The van der Waals surface area contributed by atoms with Crippen LogP contribution < -0.4 is 5.32 Å². The van der Waals surface area contributed by atoms with Gasteiger partial charge in [-0.1, -0.05) is 11.6 Å². The quantitative estimate of drug-likeness (QED) is 0.566. The number of hydrogen-bond acceptors (Lipinski definition) is 4. The van der Waals surface area contributed by atoms with Gasteiger partial charge in [-0.2, -0.15) is 0 Å². The number of anilines is 1. The Hall–Kier alpha value is -1.76. The molecule has 1 aliphatic carbocycles. The molecule has 2 atom stereocenters. The lowest BCUT2D eigenvalue weighted by molar-refractivity contribution is -0.130. The molecule has 5 nitrogen and oxygen atoms in total. The van der Waals surface area contributed by atoms with Crippen LogP contribution in [0.25, 0.3) is 10.8 Å². The van der Waals surface area contributed by atoms with Gasteiger partial charge in [0.15, 0.2) is 0 Å². The van der Waals surface area contributed by atoms with Crippen LogP contribution in [0.4, 0.5) is 10.2 Å². The molecule has 7 heteroatoms. The zero-order chi connectivity index (χ0) is 23.9. The number of rotatable bonds is 4. The Labute approximate surface area is 206 Å². The van der Waals surface area contributed by atoms with Crippen molar-refractivity contribution in [3.63, 3.8) is 0 Å². The SMILES string of the molecule is CC1(C)C[C@@H](C(=O)Nc2cc3cc([C@H]4CC[C@@H](N5CC[C@H](F)C5)CC4)c(Cl)cc3cn2)CCO1. The Morgan fingerprint density at radius 2 is 1.94 bits per heavy atom. The fourth-order valence-electron chi connectivity index (χ4n) is 6.08. The van der Waals surface area contributed by atoms with E-state index >= 15 is 0 Å². The van der Waals surface area contributed by atoms with Crippen molar-refractivity contribution < 1.29 is 13.9 Å². The summed E-state index contributed by atoms with van der Waals surface area (Å²) < 4.78 is 19.4. The van der Waals surface area contributed by atoms with Crippen LogP contribution in [0.2, 0.25) is 5.02 Å². The first kappa shape index (κ1) is 24.0. The average molecular weight is 488 g/mol. The number of nitrogens with zero attached hydrogens (tertiary/aromatic N) is 2. The molecule has 1 N–H and O–H groups in total. The van der Waals surface area contributed by atoms with Gasteiger partial charge in [0.1, 0.15) is 12.0 Å². The van der Waals surface area contributed by atoms with Crippen LogP contribution in [0.5, 0.6) is 0 Å². The second-order valence-corrected chi connectivity index (χ2v) is 11.4. The molecule has 5 rings (SSSR count). The fraction of sp³-hybridized carbons (Fsp3) is 0.630. The van der Waals surface area contributed by atoms with Crippen molar-refractivity contribution in [2.24, 2.45) is 5.92 Å². The molecule has 3 fully saturated rings. The maximum atomic E-state index is 13.6. The van der Waals surface area contributed by atoms with E-state index in [0.29, 0.717) is 43.8 Å². The summed E-state index contributed by atoms with van der Waals surface area (Å²) in [7, 11) is 0. The van der Waals surface area contributed by atoms with E-state index < -0.39 is 6.17 Å². The van der Waals surface area contributed by atoms with Crippen molar-refractivity contribution in [2.45, 2.75) is 82.5 Å². The second kappa shape index (κ2) is 9.71. The summed E-state index contributed by atoms with van der Waals surface area (Å²) in [5.74, 6) is 0.926. The van der Waals surface area contributed by atoms with Crippen LogP contribution in [0, 0.1) is 5.92 Å². The Bertz CT molecular complexity index is 1050. The number of fused-ring (bicyclic) bond motifs is 1. The maximum Gasteiger partial charge on any atom is 0.228 e. The third kappa shape index (κ3) is 5.24. The standard InChI is InChI=1S/C27H35ClFN3O2/c1-27(2)14-18(8-10-34-27)26(33)31-25-13-19-11-23(24(28)12-20(19)15-30-25)17-3-5-22(6-4-17)32-9-7-21(29)16-32/h11-13,15,17-18,21-22H,3-10,14,16H2,1-2H3,(H,30,31,33)/t17-,18-,21-,22+/m0/s1. The molecule has 0 bridgehead atoms. The Morgan fingerprint density at radius 3 is 2.65 bits per heavy atom. The molecule has 1 aromatic carbocycles. The van der Waals surface area contributed by atoms with Crippen LogP contribution in [-0.4, -0.2) is 53.3 Å². The molecular formula is C27H35ClFN3O2. The van der Waals surface area contributed by atoms with Gasteiger partial charge in [0, 0.05) is 48.3 Å². The predicted octanol–water partition coefficient (Wildman–Crippen LogP) is 6.10. The largest absolute Gasteiger partial charge is 0.376 e. The molecule has 1 aromatic heterocycles. The van der Waals surface area contributed by atoms with Gasteiger partial charge in [0.25, 0.3) is 0 Å². The molecule has 0 radical (unpaired) electrons. The zero-order valence-corrected chi connectivity index (χ0v) is 20.9. The van der Waals surface area contributed by atoms with Gasteiger partial charge in [0.2, 0.25) is 5.91 Å². The third-order valence-electron chi connectivity index (χ3n) is 7.97. The minimum Gasteiger partial charge on any atom is -0.376 e. The summed E-state index contributed by atoms with van der Waals surface area (Å²) in [5, 5.41) is 5.81. The molecule has 34 heavy (non-hydrogen) atoms. The van der Waals surface area contributed by atoms with E-state index in [0.717, 1.165) is 54.4 Å². The first-order chi connectivity index (χ1) is 16.3. The van der Waals surface area contributed by atoms with Crippen LogP contribution >= 0.6 is 11.6 Å². The van der Waals surface area contributed by atoms with Gasteiger partial charge in [0.05, 0.1) is 5.60 Å². The summed E-state index contributed by atoms with van der Waals surface area (Å²) in [6.45, 7) is 6.15. The van der Waals surface area contributed by atoms with E-state index in [9.17, 15) is 9.18 Å². The first-order valence-corrected chi connectivity index (χ1v) is 13.1. The van der Waals surface area contributed by atoms with Gasteiger partial charge in [-0.15, -0.1) is 0 Å². The first-order valence-electron chi connectivity index (χ1n) is 12.7. The van der Waals surface area contributed by atoms with E-state index in [1.165, 1.54) is 5.56 Å². The molecule has 3 aliphatic rings. The number of hydrogen-bond donors (Lipinski definition) is 1. The number of carbonyl (C=O) groups excluding carboxylic acids is 1. The number of alkyl halides is 1. The van der Waals surface area contributed by atoms with Crippen molar-refractivity contribution >= 4 is 34.1 Å². The molecule has 2 aromatic rings. The number of benzene rings is 1. The highest BCUT2D eigenvalue weighted by molar-refractivity contribution is 6.32. The molecular weight excluding hydrogens is 453 g/mol. The van der Waals surface area contributed by atoms with Gasteiger partial charge >= 0.3 is 0 Å². The number of carbonyl (C=O) groups is 1. The molecule has 3 heterocycles. The van der Waals surface area contributed by atoms with Crippen molar-refractivity contribution in [1.29, 1.82) is 0 Å². The third-order valence-corrected chi connectivity index (χ3v) is 8.30. The molecule has 1 amide bonds. The summed E-state index contributed by atoms with van der Waals surface area (Å²) >= 11 is 6.70. The highest BCUT2D eigenvalue weighted by Gasteiger charge is 2.34. The second-order valence-electron chi connectivity index (χ2n) is 11.0. The highest BCUT2D eigenvalue weighted by Crippen LogP contribution is 2.40. The van der Waals surface area contributed by atoms with Crippen molar-refractivity contribution in [2.75, 3.05) is 25.0 Å². The zero-order valence-electron chi connectivity index (χ0n) is 20.2. The fourth-order valence-corrected chi connectivity index (χ4v) is 6.40. The number of ether oxygens (including phenoxy) is 1. The van der Waals surface area contributed by atoms with Crippen molar-refractivity contribution in [3.05, 3.63) is 35.0 Å². The lowest BCUT2D eigenvalue weighted by Crippen LogP contribution is -2.39. The van der Waals surface area contributed by atoms with E-state index in [1.807, 2.05) is 26.0 Å². The highest BCUT2D eigenvalue weighted by atomic mass is 35.5. The summed E-state index contributed by atoms with van der Waals surface area (Å²) in [4.78, 5) is 19.7. The van der Waals surface area contributed by atoms with Gasteiger partial charge in [-0.25, -0.2) is 9.37 Å². The van der Waals surface area contributed by atoms with Crippen LogP contribution in [0.15, 0.2) is 24.4 Å². The van der Waals surface area contributed by atoms with E-state index in [4.69, 9.17) is 16.3 Å². The normalized spacial score (nSPS) is 29.9. The van der Waals surface area contributed by atoms with E-state index in [2.05, 4.69) is 21.3 Å². The monoisotopic (exact) mass is 487 g/mol. The number of nitrogens with one attached hydrogen (secondary N) is 1. The number of amides is 1. The molecule has 184 valence electrons. The van der Waals surface area contributed by atoms with Crippen LogP contribution in [0.3, 0.4) is 0 Å². The van der Waals surface area contributed by atoms with E-state index in [-0.39, 0.29) is 17.4 Å². The lowest BCUT2D eigenvalue weighted by atomic mass is 9.81. The van der Waals surface area contributed by atoms with E-state index in [1.54, 1.807) is 6.20 Å². The predicted molar refractivity (Wildman–Crippen MR) is 134 cm³/mol. The summed E-state index contributed by atoms with van der Waals surface area (Å²) in [6, 6.07) is 6.61. The molecule has 2 aliphatic heterocycles. The average Bonchev–Trinajstić information content (AvgIpc) is 3.24. The van der Waals surface area contributed by atoms with Crippen LogP contribution in [-0.2, 0) is 9.53 Å². The van der Waals surface area contributed by atoms with Crippen molar-refractivity contribution in [1.82, 2.24) is 9.88 Å². The van der Waals surface area contributed by atoms with Gasteiger partial charge in [-0.05, 0) is 93.9 Å². The van der Waals surface area contributed by atoms with Gasteiger partial charge in [-0.3, -0.25) is 9.69 Å². The van der Waals surface area contributed by atoms with Crippen LogP contribution in [0.1, 0.15) is 70.3 Å². The Kier molecular flexibility index (Phi) is 6.84. The Morgan fingerprint density at radius 1 is 1.15 bits per heavy atom. The maximum absolute atomic E-state index is 13.6. The summed E-state index contributed by atoms with van der Waals surface area (Å²) in [6.07, 6.45) is 7.55. The summed E-state index contributed by atoms with van der Waals surface area (Å²) in [5.41, 5.74) is 0.899. The smallest absolute Gasteiger partial charge is 0.228 e. The number of pyridine rings is 1. The topological polar surface area (TPSA) is 54.5 Å². The number of aromatic nitrogens is 1. The minimum absolute atomic E-state index is 0.00756. The molecule has 0 spiro atoms. The molecule has 1 saturated carbocycles. The Balaban J connectivity index is 1.28. The number of halogens is 2. The van der Waals surface area contributed by atoms with Crippen molar-refractivity contribution in [3.8, 4) is 0 Å². The molecule has 2 saturated heterocycles.